The first-order chi connectivity index (χ1) is 17.2. The minimum absolute atomic E-state index is 0.0320. The molecule has 3 rings (SSSR count). The second-order valence-electron chi connectivity index (χ2n) is 7.70. The van der Waals surface area contributed by atoms with Crippen molar-refractivity contribution < 1.29 is 37.0 Å². The summed E-state index contributed by atoms with van der Waals surface area (Å²) in [6.07, 6.45) is -6.17. The molecule has 0 radical (unpaired) electrons. The van der Waals surface area contributed by atoms with Crippen LogP contribution in [0.3, 0.4) is 0 Å². The number of hydrogen-bond donors (Lipinski definition) is 1. The number of carbonyl (C=O) groups excluding carboxylic acids is 2. The standard InChI is InChI=1S/C21H19ClF4N4O6S/c1-4-36-16(33)8-29-18(34)17(9(2)31)37-19(29)27-12-6-13(11(23)5-10(12)22)30-15(32)7-14(21(24,25)26)28(3)20(30)35/h5-7,9,17,31H,4,8H2,1-3H3/b27-19-. The van der Waals surface area contributed by atoms with E-state index in [4.69, 9.17) is 16.3 Å². The van der Waals surface area contributed by atoms with Crippen LogP contribution in [0, 0.1) is 5.82 Å². The number of amidine groups is 1. The number of halogens is 5. The van der Waals surface area contributed by atoms with Gasteiger partial charge in [-0.05, 0) is 26.0 Å². The Balaban J connectivity index is 2.17. The number of rotatable bonds is 6. The zero-order valence-corrected chi connectivity index (χ0v) is 20.9. The highest BCUT2D eigenvalue weighted by molar-refractivity contribution is 8.15. The molecular weight excluding hydrogens is 548 g/mol. The Kier molecular flexibility index (Phi) is 8.19. The first-order valence-electron chi connectivity index (χ1n) is 10.5. The molecule has 16 heteroatoms. The topological polar surface area (TPSA) is 123 Å². The van der Waals surface area contributed by atoms with E-state index in [9.17, 15) is 41.8 Å². The van der Waals surface area contributed by atoms with Crippen molar-refractivity contribution in [3.63, 3.8) is 0 Å². The van der Waals surface area contributed by atoms with E-state index in [0.717, 1.165) is 29.8 Å². The summed E-state index contributed by atoms with van der Waals surface area (Å²) in [5.41, 5.74) is -5.50. The van der Waals surface area contributed by atoms with Gasteiger partial charge >= 0.3 is 17.8 Å². The molecule has 1 aromatic carbocycles. The van der Waals surface area contributed by atoms with Gasteiger partial charge in [0, 0.05) is 13.1 Å². The summed E-state index contributed by atoms with van der Waals surface area (Å²) in [5, 5.41) is 8.43. The fourth-order valence-electron chi connectivity index (χ4n) is 3.35. The molecule has 1 saturated heterocycles. The van der Waals surface area contributed by atoms with Crippen LogP contribution in [0.1, 0.15) is 19.5 Å². The van der Waals surface area contributed by atoms with E-state index in [0.29, 0.717) is 6.07 Å². The van der Waals surface area contributed by atoms with Crippen LogP contribution >= 0.6 is 23.4 Å². The van der Waals surface area contributed by atoms with Gasteiger partial charge in [-0.25, -0.2) is 18.7 Å². The maximum absolute atomic E-state index is 14.8. The molecule has 1 aliphatic heterocycles. The van der Waals surface area contributed by atoms with Crippen LogP contribution in [0.4, 0.5) is 23.2 Å². The number of alkyl halides is 3. The fraction of sp³-hybridized carbons (Fsp3) is 0.381. The highest BCUT2D eigenvalue weighted by Crippen LogP contribution is 2.35. The van der Waals surface area contributed by atoms with Gasteiger partial charge in [-0.2, -0.15) is 13.2 Å². The smallest absolute Gasteiger partial charge is 0.431 e. The SMILES string of the molecule is CCOC(=O)CN1C(=O)C(C(C)O)S/C1=N\c1cc(-n2c(=O)cc(C(F)(F)F)n(C)c2=O)c(F)cc1Cl. The van der Waals surface area contributed by atoms with Crippen molar-refractivity contribution in [3.05, 3.63) is 55.6 Å². The third-order valence-corrected chi connectivity index (χ3v) is 6.76. The Morgan fingerprint density at radius 1 is 1.27 bits per heavy atom. The van der Waals surface area contributed by atoms with Gasteiger partial charge in [-0.15, -0.1) is 0 Å². The van der Waals surface area contributed by atoms with Gasteiger partial charge in [0.2, 0.25) is 5.91 Å². The van der Waals surface area contributed by atoms with E-state index in [1.54, 1.807) is 6.92 Å². The number of nitrogens with zero attached hydrogens (tertiary/aromatic N) is 4. The molecule has 1 amide bonds. The van der Waals surface area contributed by atoms with Gasteiger partial charge in [0.1, 0.15) is 23.3 Å². The summed E-state index contributed by atoms with van der Waals surface area (Å²) in [7, 11) is 0.764. The average Bonchev–Trinajstić information content (AvgIpc) is 3.08. The molecule has 37 heavy (non-hydrogen) atoms. The summed E-state index contributed by atoms with van der Waals surface area (Å²) < 4.78 is 59.4. The van der Waals surface area contributed by atoms with Crippen LogP contribution < -0.4 is 11.2 Å². The van der Waals surface area contributed by atoms with Gasteiger partial charge < -0.3 is 9.84 Å². The molecule has 200 valence electrons. The van der Waals surface area contributed by atoms with Gasteiger partial charge in [0.15, 0.2) is 5.17 Å². The first kappa shape index (κ1) is 28.4. The number of carbonyl (C=O) groups is 2. The molecule has 2 unspecified atom stereocenters. The van der Waals surface area contributed by atoms with Gasteiger partial charge in [0.05, 0.1) is 29.1 Å². The van der Waals surface area contributed by atoms with Crippen molar-refractivity contribution in [1.82, 2.24) is 14.0 Å². The Morgan fingerprint density at radius 3 is 2.49 bits per heavy atom. The van der Waals surface area contributed by atoms with E-state index in [1.807, 2.05) is 0 Å². The van der Waals surface area contributed by atoms with Crippen LogP contribution in [-0.2, 0) is 27.5 Å². The van der Waals surface area contributed by atoms with Gasteiger partial charge in [0.25, 0.3) is 5.56 Å². The lowest BCUT2D eigenvalue weighted by Crippen LogP contribution is -2.41. The van der Waals surface area contributed by atoms with Crippen molar-refractivity contribution in [2.45, 2.75) is 31.4 Å². The van der Waals surface area contributed by atoms with Crippen LogP contribution in [-0.4, -0.2) is 60.7 Å². The second-order valence-corrected chi connectivity index (χ2v) is 9.22. The Morgan fingerprint density at radius 2 is 1.92 bits per heavy atom. The minimum Gasteiger partial charge on any atom is -0.465 e. The third-order valence-electron chi connectivity index (χ3n) is 5.09. The van der Waals surface area contributed by atoms with Crippen molar-refractivity contribution in [2.24, 2.45) is 12.0 Å². The molecule has 1 N–H and O–H groups in total. The zero-order valence-electron chi connectivity index (χ0n) is 19.4. The van der Waals surface area contributed by atoms with Crippen LogP contribution in [0.25, 0.3) is 5.69 Å². The molecule has 2 atom stereocenters. The Labute approximate surface area is 215 Å². The molecule has 0 saturated carbocycles. The first-order valence-corrected chi connectivity index (χ1v) is 11.7. The summed E-state index contributed by atoms with van der Waals surface area (Å²) in [6.45, 7) is 2.37. The molecule has 10 nitrogen and oxygen atoms in total. The van der Waals surface area contributed by atoms with Crippen LogP contribution in [0.5, 0.6) is 0 Å². The van der Waals surface area contributed by atoms with Crippen LogP contribution in [0.2, 0.25) is 5.02 Å². The maximum atomic E-state index is 14.8. The molecule has 2 aromatic rings. The maximum Gasteiger partial charge on any atom is 0.431 e. The van der Waals surface area contributed by atoms with Crippen LogP contribution in [0.15, 0.2) is 32.8 Å². The predicted molar refractivity (Wildman–Crippen MR) is 126 cm³/mol. The number of aliphatic imine (C=N–C) groups is 1. The van der Waals surface area contributed by atoms with Gasteiger partial charge in [-0.1, -0.05) is 23.4 Å². The monoisotopic (exact) mass is 566 g/mol. The lowest BCUT2D eigenvalue weighted by Gasteiger charge is -2.16. The number of thioether (sulfide) groups is 1. The molecule has 0 spiro atoms. The molecule has 0 aliphatic carbocycles. The Bertz CT molecular complexity index is 1410. The van der Waals surface area contributed by atoms with E-state index in [2.05, 4.69) is 4.99 Å². The Hall–Kier alpha value is -3.17. The number of amides is 1. The van der Waals surface area contributed by atoms with Crippen molar-refractivity contribution in [2.75, 3.05) is 13.2 Å². The fourth-order valence-corrected chi connectivity index (χ4v) is 4.63. The summed E-state index contributed by atoms with van der Waals surface area (Å²) in [6, 6.07) is 1.66. The largest absolute Gasteiger partial charge is 0.465 e. The normalized spacial score (nSPS) is 18.0. The van der Waals surface area contributed by atoms with Crippen molar-refractivity contribution in [1.29, 1.82) is 0 Å². The number of ether oxygens (including phenoxy) is 1. The predicted octanol–water partition coefficient (Wildman–Crippen LogP) is 2.22. The molecule has 0 bridgehead atoms. The van der Waals surface area contributed by atoms with Crippen molar-refractivity contribution >= 4 is 46.1 Å². The summed E-state index contributed by atoms with van der Waals surface area (Å²) in [5.74, 6) is -2.66. The second kappa shape index (κ2) is 10.7. The summed E-state index contributed by atoms with van der Waals surface area (Å²) in [4.78, 5) is 54.8. The number of aromatic nitrogens is 2. The van der Waals surface area contributed by atoms with Crippen molar-refractivity contribution in [3.8, 4) is 5.69 Å². The quantitative estimate of drug-likeness (QED) is 0.420. The molecular formula is C21H19ClF4N4O6S. The number of hydrogen-bond acceptors (Lipinski definition) is 8. The number of esters is 1. The average molecular weight is 567 g/mol. The van der Waals surface area contributed by atoms with E-state index >= 15 is 0 Å². The number of aliphatic hydroxyl groups is 1. The molecule has 1 aliphatic rings. The van der Waals surface area contributed by atoms with Gasteiger partial charge in [-0.3, -0.25) is 23.9 Å². The molecule has 2 heterocycles. The lowest BCUT2D eigenvalue weighted by molar-refractivity contribution is -0.146. The number of benzene rings is 1. The minimum atomic E-state index is -5.02. The van der Waals surface area contributed by atoms with E-state index in [1.165, 1.54) is 6.92 Å². The lowest BCUT2D eigenvalue weighted by atomic mass is 10.2. The molecule has 1 aromatic heterocycles. The van der Waals surface area contributed by atoms with E-state index in [-0.39, 0.29) is 37.7 Å². The van der Waals surface area contributed by atoms with E-state index < -0.39 is 64.4 Å². The molecule has 1 fully saturated rings. The highest BCUT2D eigenvalue weighted by atomic mass is 35.5. The summed E-state index contributed by atoms with van der Waals surface area (Å²) >= 11 is 6.86. The third kappa shape index (κ3) is 5.72. The zero-order chi connectivity index (χ0) is 27.8. The highest BCUT2D eigenvalue weighted by Gasteiger charge is 2.42. The number of aliphatic hydroxyl groups excluding tert-OH is 1.